The van der Waals surface area contributed by atoms with Crippen LogP contribution in [0, 0.1) is 5.82 Å². The van der Waals surface area contributed by atoms with Crippen molar-refractivity contribution < 1.29 is 23.6 Å². The van der Waals surface area contributed by atoms with Crippen LogP contribution < -0.4 is 10.8 Å². The zero-order valence-electron chi connectivity index (χ0n) is 18.4. The lowest BCUT2D eigenvalue weighted by atomic mass is 9.99. The van der Waals surface area contributed by atoms with Gasteiger partial charge >= 0.3 is 0 Å². The van der Waals surface area contributed by atoms with E-state index in [9.17, 15) is 14.0 Å². The van der Waals surface area contributed by atoms with E-state index in [1.807, 2.05) is 19.1 Å². The van der Waals surface area contributed by atoms with Crippen LogP contribution >= 0.6 is 11.3 Å². The molecule has 1 unspecified atom stereocenters. The molecule has 1 atom stereocenters. The molecule has 2 heterocycles. The van der Waals surface area contributed by atoms with Crippen LogP contribution in [0.2, 0.25) is 0 Å². The lowest BCUT2D eigenvalue weighted by molar-refractivity contribution is 0.0537. The molecule has 1 aliphatic rings. The molecule has 0 aliphatic carbocycles. The average Bonchev–Trinajstić information content (AvgIpc) is 3.18. The van der Waals surface area contributed by atoms with E-state index in [0.717, 1.165) is 26.4 Å². The van der Waals surface area contributed by atoms with Crippen LogP contribution in [0.1, 0.15) is 60.1 Å². The van der Waals surface area contributed by atoms with Crippen molar-refractivity contribution >= 4 is 23.2 Å². The van der Waals surface area contributed by atoms with Crippen LogP contribution in [0.5, 0.6) is 0 Å². The Morgan fingerprint density at radius 2 is 1.85 bits per heavy atom. The molecular weight excluding hydrogens is 443 g/mol. The van der Waals surface area contributed by atoms with E-state index >= 15 is 0 Å². The summed E-state index contributed by atoms with van der Waals surface area (Å²) in [5.74, 6) is -0.756. The Balaban J connectivity index is 1.55. The Bertz CT molecular complexity index is 1140. The van der Waals surface area contributed by atoms with Crippen LogP contribution in [-0.4, -0.2) is 25.5 Å². The summed E-state index contributed by atoms with van der Waals surface area (Å²) >= 11 is 1.59. The third kappa shape index (κ3) is 5.30. The quantitative estimate of drug-likeness (QED) is 0.506. The van der Waals surface area contributed by atoms with Gasteiger partial charge in [-0.05, 0) is 54.3 Å². The van der Waals surface area contributed by atoms with E-state index < -0.39 is 0 Å². The maximum atomic E-state index is 13.4. The summed E-state index contributed by atoms with van der Waals surface area (Å²) in [6, 6.07) is 13.1. The molecule has 0 saturated heterocycles. The van der Waals surface area contributed by atoms with Crippen molar-refractivity contribution in [3.63, 3.8) is 0 Å². The van der Waals surface area contributed by atoms with Crippen molar-refractivity contribution in [3.8, 4) is 0 Å². The summed E-state index contributed by atoms with van der Waals surface area (Å²) in [5.41, 5.74) is 6.31. The van der Waals surface area contributed by atoms with E-state index in [1.165, 1.54) is 19.2 Å². The lowest BCUT2D eigenvalue weighted by Crippen LogP contribution is -2.28. The fourth-order valence-electron chi connectivity index (χ4n) is 3.89. The van der Waals surface area contributed by atoms with Gasteiger partial charge in [-0.3, -0.25) is 14.4 Å². The Labute approximate surface area is 195 Å². The smallest absolute Gasteiger partial charge is 0.274 e. The molecule has 0 bridgehead atoms. The number of nitrogens with one attached hydrogen (secondary N) is 2. The molecule has 0 fully saturated rings. The molecule has 8 heteroatoms. The Morgan fingerprint density at radius 1 is 1.12 bits per heavy atom. The standard InChI is InChI=1S/C25H25FN2O4S/c1-15(17-5-7-18(8-6-17)24(29)28-31-2)27-25(30)23-20-11-12-32-14-22(20)33-21(23)13-16-3-9-19(26)10-4-16/h3-10,15H,11-14H2,1-2H3,(H,27,30)(H,28,29). The zero-order valence-corrected chi connectivity index (χ0v) is 19.3. The first-order valence-electron chi connectivity index (χ1n) is 10.7. The first kappa shape index (κ1) is 23.1. The fraction of sp³-hybridized carbons (Fsp3) is 0.280. The largest absolute Gasteiger partial charge is 0.376 e. The average molecular weight is 469 g/mol. The number of thiophene rings is 1. The molecule has 3 aromatic rings. The zero-order chi connectivity index (χ0) is 23.4. The van der Waals surface area contributed by atoms with Crippen LogP contribution in [0.25, 0.3) is 0 Å². The van der Waals surface area contributed by atoms with Crippen molar-refractivity contribution in [2.75, 3.05) is 13.7 Å². The van der Waals surface area contributed by atoms with Gasteiger partial charge in [-0.1, -0.05) is 24.3 Å². The van der Waals surface area contributed by atoms with Gasteiger partial charge in [0.15, 0.2) is 0 Å². The summed E-state index contributed by atoms with van der Waals surface area (Å²) in [5, 5.41) is 3.10. The number of amides is 2. The van der Waals surface area contributed by atoms with E-state index in [-0.39, 0.29) is 23.7 Å². The van der Waals surface area contributed by atoms with Gasteiger partial charge in [0.25, 0.3) is 11.8 Å². The Kier molecular flexibility index (Phi) is 7.17. The van der Waals surface area contributed by atoms with Crippen LogP contribution in [0.4, 0.5) is 4.39 Å². The molecule has 6 nitrogen and oxygen atoms in total. The minimum absolute atomic E-state index is 0.139. The number of carbonyl (C=O) groups excluding carboxylic acids is 2. The molecule has 4 rings (SSSR count). The number of fused-ring (bicyclic) bond motifs is 1. The normalized spacial score (nSPS) is 13.8. The second-order valence-electron chi connectivity index (χ2n) is 7.86. The summed E-state index contributed by atoms with van der Waals surface area (Å²) < 4.78 is 18.9. The summed E-state index contributed by atoms with van der Waals surface area (Å²) in [6.07, 6.45) is 1.24. The van der Waals surface area contributed by atoms with Crippen molar-refractivity contribution in [1.29, 1.82) is 0 Å². The number of rotatable bonds is 7. The van der Waals surface area contributed by atoms with E-state index in [4.69, 9.17) is 4.74 Å². The maximum Gasteiger partial charge on any atom is 0.274 e. The molecule has 2 aromatic carbocycles. The predicted octanol–water partition coefficient (Wildman–Crippen LogP) is 4.33. The summed E-state index contributed by atoms with van der Waals surface area (Å²) in [6.45, 7) is 2.99. The highest BCUT2D eigenvalue weighted by Gasteiger charge is 2.26. The van der Waals surface area contributed by atoms with Crippen molar-refractivity contribution in [2.24, 2.45) is 0 Å². The SMILES string of the molecule is CONC(=O)c1ccc(C(C)NC(=O)c2c(Cc3ccc(F)cc3)sc3c2CCOC3)cc1. The first-order chi connectivity index (χ1) is 16.0. The van der Waals surface area contributed by atoms with Crippen LogP contribution in [0.15, 0.2) is 48.5 Å². The van der Waals surface area contributed by atoms with Crippen molar-refractivity contribution in [3.05, 3.63) is 91.9 Å². The van der Waals surface area contributed by atoms with E-state index in [2.05, 4.69) is 15.6 Å². The van der Waals surface area contributed by atoms with Gasteiger partial charge in [-0.25, -0.2) is 9.87 Å². The number of benzene rings is 2. The number of carbonyl (C=O) groups is 2. The van der Waals surface area contributed by atoms with Gasteiger partial charge in [0.2, 0.25) is 0 Å². The molecule has 2 N–H and O–H groups in total. The molecule has 33 heavy (non-hydrogen) atoms. The second-order valence-corrected chi connectivity index (χ2v) is 9.05. The maximum absolute atomic E-state index is 13.4. The van der Waals surface area contributed by atoms with Gasteiger partial charge < -0.3 is 10.1 Å². The molecule has 2 amide bonds. The highest BCUT2D eigenvalue weighted by molar-refractivity contribution is 7.12. The summed E-state index contributed by atoms with van der Waals surface area (Å²) in [4.78, 5) is 31.9. The number of hydroxylamine groups is 1. The molecule has 0 spiro atoms. The molecule has 1 aliphatic heterocycles. The molecule has 172 valence electrons. The number of hydrogen-bond donors (Lipinski definition) is 2. The van der Waals surface area contributed by atoms with Crippen molar-refractivity contribution in [2.45, 2.75) is 32.4 Å². The topological polar surface area (TPSA) is 76.7 Å². The molecule has 0 radical (unpaired) electrons. The third-order valence-electron chi connectivity index (χ3n) is 5.61. The van der Waals surface area contributed by atoms with Crippen molar-refractivity contribution in [1.82, 2.24) is 10.8 Å². The lowest BCUT2D eigenvalue weighted by Gasteiger charge is -2.18. The second kappa shape index (κ2) is 10.2. The van der Waals surface area contributed by atoms with E-state index in [1.54, 1.807) is 35.6 Å². The van der Waals surface area contributed by atoms with E-state index in [0.29, 0.717) is 37.2 Å². The minimum Gasteiger partial charge on any atom is -0.376 e. The number of halogens is 1. The van der Waals surface area contributed by atoms with Gasteiger partial charge in [-0.2, -0.15) is 0 Å². The highest BCUT2D eigenvalue weighted by atomic mass is 32.1. The number of hydrogen-bond acceptors (Lipinski definition) is 5. The molecule has 1 aromatic heterocycles. The van der Waals surface area contributed by atoms with Crippen LogP contribution in [0.3, 0.4) is 0 Å². The Hall–Kier alpha value is -3.07. The number of ether oxygens (including phenoxy) is 1. The minimum atomic E-state index is -0.335. The van der Waals surface area contributed by atoms with Gasteiger partial charge in [-0.15, -0.1) is 11.3 Å². The van der Waals surface area contributed by atoms with Crippen LogP contribution in [-0.2, 0) is 29.0 Å². The van der Waals surface area contributed by atoms with Gasteiger partial charge in [0, 0.05) is 21.7 Å². The van der Waals surface area contributed by atoms with Gasteiger partial charge in [0.05, 0.1) is 31.9 Å². The van der Waals surface area contributed by atoms with Gasteiger partial charge in [0.1, 0.15) is 5.82 Å². The molecule has 0 saturated carbocycles. The molecular formula is C25H25FN2O4S. The fourth-order valence-corrected chi connectivity index (χ4v) is 5.22. The summed E-state index contributed by atoms with van der Waals surface area (Å²) in [7, 11) is 1.38. The first-order valence-corrected chi connectivity index (χ1v) is 11.5. The Morgan fingerprint density at radius 3 is 2.55 bits per heavy atom. The highest BCUT2D eigenvalue weighted by Crippen LogP contribution is 2.34. The third-order valence-corrected chi connectivity index (χ3v) is 6.82. The monoisotopic (exact) mass is 468 g/mol. The predicted molar refractivity (Wildman–Crippen MR) is 124 cm³/mol.